The van der Waals surface area contributed by atoms with Crippen molar-refractivity contribution in [3.63, 3.8) is 0 Å². The maximum absolute atomic E-state index is 11.7. The fraction of sp³-hybridized carbons (Fsp3) is 0.909. The first-order valence-corrected chi connectivity index (χ1v) is 5.36. The number of carbonyl (C=O) groups excluding carboxylic acids is 1. The minimum atomic E-state index is -0.558. The first kappa shape index (κ1) is 14.2. The maximum Gasteiger partial charge on any atom is 0.410 e. The molecule has 1 amide bonds. The van der Waals surface area contributed by atoms with E-state index in [4.69, 9.17) is 4.74 Å². The topological polar surface area (TPSA) is 49.8 Å². The number of aliphatic hydroxyl groups is 1. The molecule has 1 unspecified atom stereocenters. The lowest BCUT2D eigenvalue weighted by Gasteiger charge is -2.32. The van der Waals surface area contributed by atoms with Crippen molar-refractivity contribution >= 4 is 6.09 Å². The van der Waals surface area contributed by atoms with Gasteiger partial charge >= 0.3 is 6.09 Å². The second-order valence-corrected chi connectivity index (χ2v) is 4.75. The summed E-state index contributed by atoms with van der Waals surface area (Å²) in [6.07, 6.45) is -0.934. The fourth-order valence-corrected chi connectivity index (χ4v) is 1.16. The molecule has 0 saturated carbocycles. The second kappa shape index (κ2) is 5.35. The number of amides is 1. The van der Waals surface area contributed by atoms with Gasteiger partial charge < -0.3 is 14.7 Å². The second-order valence-electron chi connectivity index (χ2n) is 4.75. The summed E-state index contributed by atoms with van der Waals surface area (Å²) in [5.41, 5.74) is -0.497. The molecule has 0 aromatic rings. The van der Waals surface area contributed by atoms with E-state index in [0.717, 1.165) is 0 Å². The van der Waals surface area contributed by atoms with Gasteiger partial charge in [0, 0.05) is 6.54 Å². The first-order chi connectivity index (χ1) is 6.69. The minimum absolute atomic E-state index is 0.232. The van der Waals surface area contributed by atoms with Crippen LogP contribution in [0.5, 0.6) is 0 Å². The molecule has 4 heteroatoms. The van der Waals surface area contributed by atoms with E-state index in [2.05, 4.69) is 0 Å². The summed E-state index contributed by atoms with van der Waals surface area (Å²) in [6.45, 7) is 11.3. The third kappa shape index (κ3) is 5.02. The summed E-state index contributed by atoms with van der Waals surface area (Å²) in [5.74, 6) is 0. The van der Waals surface area contributed by atoms with Crippen LogP contribution in [-0.2, 0) is 4.74 Å². The van der Waals surface area contributed by atoms with Crippen LogP contribution in [0, 0.1) is 0 Å². The number of ether oxygens (including phenoxy) is 1. The summed E-state index contributed by atoms with van der Waals surface area (Å²) in [7, 11) is 0. The zero-order valence-electron chi connectivity index (χ0n) is 10.6. The van der Waals surface area contributed by atoms with Crippen molar-refractivity contribution in [1.82, 2.24) is 4.90 Å². The quantitative estimate of drug-likeness (QED) is 0.786. The number of likely N-dealkylation sites (N-methyl/N-ethyl adjacent to an activating group) is 1. The summed E-state index contributed by atoms with van der Waals surface area (Å²) < 4.78 is 5.24. The molecular formula is C11H23NO3. The lowest BCUT2D eigenvalue weighted by molar-refractivity contribution is 0.00229. The van der Waals surface area contributed by atoms with E-state index in [-0.39, 0.29) is 12.1 Å². The highest BCUT2D eigenvalue weighted by Crippen LogP contribution is 2.13. The normalized spacial score (nSPS) is 15.7. The number of hydrogen-bond acceptors (Lipinski definition) is 3. The van der Waals surface area contributed by atoms with E-state index in [0.29, 0.717) is 6.54 Å². The molecule has 0 aromatic carbocycles. The zero-order valence-corrected chi connectivity index (χ0v) is 10.6. The molecule has 0 rings (SSSR count). The van der Waals surface area contributed by atoms with Crippen LogP contribution in [0.3, 0.4) is 0 Å². The van der Waals surface area contributed by atoms with E-state index in [1.165, 1.54) is 4.90 Å². The molecule has 0 fully saturated rings. The van der Waals surface area contributed by atoms with Gasteiger partial charge in [0.25, 0.3) is 0 Å². The van der Waals surface area contributed by atoms with Crippen molar-refractivity contribution in [2.75, 3.05) is 6.54 Å². The van der Waals surface area contributed by atoms with E-state index in [1.54, 1.807) is 13.8 Å². The summed E-state index contributed by atoms with van der Waals surface area (Å²) in [5, 5.41) is 9.42. The highest BCUT2D eigenvalue weighted by atomic mass is 16.6. The van der Waals surface area contributed by atoms with Crippen LogP contribution in [0.25, 0.3) is 0 Å². The molecule has 0 aliphatic rings. The highest BCUT2D eigenvalue weighted by Gasteiger charge is 2.26. The Bertz CT molecular complexity index is 208. The average molecular weight is 217 g/mol. The molecule has 1 N–H and O–H groups in total. The minimum Gasteiger partial charge on any atom is -0.444 e. The van der Waals surface area contributed by atoms with E-state index < -0.39 is 11.7 Å². The van der Waals surface area contributed by atoms with Crippen molar-refractivity contribution in [2.45, 2.75) is 59.3 Å². The molecule has 15 heavy (non-hydrogen) atoms. The Morgan fingerprint density at radius 1 is 1.40 bits per heavy atom. The molecule has 0 saturated heterocycles. The molecule has 0 aliphatic heterocycles. The van der Waals surface area contributed by atoms with Crippen LogP contribution >= 0.6 is 0 Å². The number of rotatable bonds is 3. The molecule has 0 heterocycles. The molecule has 90 valence electrons. The summed E-state index contributed by atoms with van der Waals surface area (Å²) in [4.78, 5) is 13.3. The Hall–Kier alpha value is -0.770. The van der Waals surface area contributed by atoms with Crippen molar-refractivity contribution in [3.05, 3.63) is 0 Å². The van der Waals surface area contributed by atoms with Crippen molar-refractivity contribution in [2.24, 2.45) is 0 Å². The Morgan fingerprint density at radius 3 is 2.13 bits per heavy atom. The fourth-order valence-electron chi connectivity index (χ4n) is 1.16. The molecular weight excluding hydrogens is 194 g/mol. The third-order valence-corrected chi connectivity index (χ3v) is 2.16. The molecule has 0 radical (unpaired) electrons. The van der Waals surface area contributed by atoms with Gasteiger partial charge in [0.05, 0.1) is 12.1 Å². The predicted molar refractivity (Wildman–Crippen MR) is 59.8 cm³/mol. The van der Waals surface area contributed by atoms with E-state index >= 15 is 0 Å². The number of hydrogen-bond donors (Lipinski definition) is 1. The monoisotopic (exact) mass is 217 g/mol. The molecule has 0 aliphatic carbocycles. The van der Waals surface area contributed by atoms with Gasteiger partial charge in [-0.3, -0.25) is 0 Å². The van der Waals surface area contributed by atoms with Crippen molar-refractivity contribution in [3.8, 4) is 0 Å². The van der Waals surface area contributed by atoms with Crippen LogP contribution in [-0.4, -0.2) is 40.4 Å². The van der Waals surface area contributed by atoms with E-state index in [9.17, 15) is 9.90 Å². The molecule has 4 nitrogen and oxygen atoms in total. The maximum atomic E-state index is 11.7. The Morgan fingerprint density at radius 2 is 1.87 bits per heavy atom. The number of nitrogens with zero attached hydrogens (tertiary/aromatic N) is 1. The van der Waals surface area contributed by atoms with Gasteiger partial charge in [0.2, 0.25) is 0 Å². The summed E-state index contributed by atoms with van der Waals surface area (Å²) >= 11 is 0. The molecule has 0 aromatic heterocycles. The van der Waals surface area contributed by atoms with Gasteiger partial charge in [0.1, 0.15) is 5.60 Å². The SMILES string of the molecule is CCN(C(=O)OC(C)(C)C)[C@@H](C)C(C)O. The molecule has 2 atom stereocenters. The predicted octanol–water partition coefficient (Wildman–Crippen LogP) is 2.01. The van der Waals surface area contributed by atoms with Crippen molar-refractivity contribution < 1.29 is 14.6 Å². The van der Waals surface area contributed by atoms with Crippen LogP contribution in [0.1, 0.15) is 41.5 Å². The van der Waals surface area contributed by atoms with Gasteiger partial charge in [0.15, 0.2) is 0 Å². The third-order valence-electron chi connectivity index (χ3n) is 2.16. The lowest BCUT2D eigenvalue weighted by Crippen LogP contribution is -2.46. The van der Waals surface area contributed by atoms with Crippen molar-refractivity contribution in [1.29, 1.82) is 0 Å². The largest absolute Gasteiger partial charge is 0.444 e. The molecule has 0 spiro atoms. The Balaban J connectivity index is 4.48. The van der Waals surface area contributed by atoms with Gasteiger partial charge in [-0.05, 0) is 41.5 Å². The van der Waals surface area contributed by atoms with Gasteiger partial charge in [-0.15, -0.1) is 0 Å². The van der Waals surface area contributed by atoms with Crippen LogP contribution in [0.2, 0.25) is 0 Å². The van der Waals surface area contributed by atoms with Crippen LogP contribution < -0.4 is 0 Å². The Kier molecular flexibility index (Phi) is 5.08. The van der Waals surface area contributed by atoms with Gasteiger partial charge in [-0.2, -0.15) is 0 Å². The lowest BCUT2D eigenvalue weighted by atomic mass is 10.2. The first-order valence-electron chi connectivity index (χ1n) is 5.36. The zero-order chi connectivity index (χ0) is 12.2. The molecule has 0 bridgehead atoms. The number of carbonyl (C=O) groups is 1. The Labute approximate surface area is 92.2 Å². The van der Waals surface area contributed by atoms with Gasteiger partial charge in [-0.1, -0.05) is 0 Å². The van der Waals surface area contributed by atoms with E-state index in [1.807, 2.05) is 27.7 Å². The summed E-state index contributed by atoms with van der Waals surface area (Å²) in [6, 6.07) is -0.232. The van der Waals surface area contributed by atoms with Gasteiger partial charge in [-0.25, -0.2) is 4.79 Å². The smallest absolute Gasteiger partial charge is 0.410 e. The standard InChI is InChI=1S/C11H23NO3/c1-7-12(8(2)9(3)13)10(14)15-11(4,5)6/h8-9,13H,7H2,1-6H3/t8-,9?/m0/s1. The van der Waals surface area contributed by atoms with Crippen LogP contribution in [0.15, 0.2) is 0 Å². The highest BCUT2D eigenvalue weighted by molar-refractivity contribution is 5.68. The van der Waals surface area contributed by atoms with Crippen LogP contribution in [0.4, 0.5) is 4.79 Å². The number of aliphatic hydroxyl groups excluding tert-OH is 1. The average Bonchev–Trinajstić information content (AvgIpc) is 2.01.